The van der Waals surface area contributed by atoms with Crippen LogP contribution in [-0.4, -0.2) is 38.5 Å². The topological polar surface area (TPSA) is 97.1 Å². The van der Waals surface area contributed by atoms with Gasteiger partial charge in [0.1, 0.15) is 0 Å². The number of nitrogens with one attached hydrogen (secondary N) is 1. The second-order valence-corrected chi connectivity index (χ2v) is 5.95. The van der Waals surface area contributed by atoms with Crippen molar-refractivity contribution < 1.29 is 14.7 Å². The SMILES string of the molecule is CCCC(CNC(=O)c1cn(Cc2cccs2)nn1)C(=O)O. The fourth-order valence-electron chi connectivity index (χ4n) is 2.01. The van der Waals surface area contributed by atoms with Crippen molar-refractivity contribution in [1.82, 2.24) is 20.3 Å². The van der Waals surface area contributed by atoms with E-state index in [9.17, 15) is 9.59 Å². The minimum atomic E-state index is -0.900. The third kappa shape index (κ3) is 4.39. The molecule has 0 fully saturated rings. The number of rotatable bonds is 8. The predicted molar refractivity (Wildman–Crippen MR) is 81.8 cm³/mol. The Hall–Kier alpha value is -2.22. The van der Waals surface area contributed by atoms with E-state index in [1.165, 1.54) is 0 Å². The van der Waals surface area contributed by atoms with Crippen molar-refractivity contribution in [1.29, 1.82) is 0 Å². The van der Waals surface area contributed by atoms with Crippen LogP contribution in [-0.2, 0) is 11.3 Å². The lowest BCUT2D eigenvalue weighted by Crippen LogP contribution is -2.33. The van der Waals surface area contributed by atoms with E-state index in [0.29, 0.717) is 13.0 Å². The van der Waals surface area contributed by atoms with Crippen molar-refractivity contribution in [3.63, 3.8) is 0 Å². The summed E-state index contributed by atoms with van der Waals surface area (Å²) < 4.78 is 1.58. The fourth-order valence-corrected chi connectivity index (χ4v) is 2.71. The van der Waals surface area contributed by atoms with Gasteiger partial charge >= 0.3 is 5.97 Å². The molecule has 1 unspecified atom stereocenters. The standard InChI is InChI=1S/C14H18N4O3S/c1-2-4-10(14(20)21)7-15-13(19)12-9-18(17-16-12)8-11-5-3-6-22-11/h3,5-6,9-10H,2,4,7-8H2,1H3,(H,15,19)(H,20,21). The molecule has 0 saturated carbocycles. The molecule has 2 heterocycles. The van der Waals surface area contributed by atoms with E-state index in [4.69, 9.17) is 5.11 Å². The molecule has 0 saturated heterocycles. The number of thiophene rings is 1. The van der Waals surface area contributed by atoms with Crippen molar-refractivity contribution >= 4 is 23.2 Å². The minimum absolute atomic E-state index is 0.0970. The highest BCUT2D eigenvalue weighted by atomic mass is 32.1. The molecule has 0 aliphatic carbocycles. The fraction of sp³-hybridized carbons (Fsp3) is 0.429. The second-order valence-electron chi connectivity index (χ2n) is 4.91. The lowest BCUT2D eigenvalue weighted by Gasteiger charge is -2.11. The van der Waals surface area contributed by atoms with Crippen LogP contribution in [0.2, 0.25) is 0 Å². The van der Waals surface area contributed by atoms with E-state index in [1.807, 2.05) is 24.4 Å². The molecule has 0 spiro atoms. The number of amides is 1. The van der Waals surface area contributed by atoms with Crippen molar-refractivity contribution in [2.45, 2.75) is 26.3 Å². The predicted octanol–water partition coefficient (Wildman–Crippen LogP) is 1.62. The highest BCUT2D eigenvalue weighted by molar-refractivity contribution is 7.09. The molecule has 7 nitrogen and oxygen atoms in total. The smallest absolute Gasteiger partial charge is 0.308 e. The highest BCUT2D eigenvalue weighted by Crippen LogP contribution is 2.10. The van der Waals surface area contributed by atoms with Gasteiger partial charge in [-0.1, -0.05) is 24.6 Å². The number of carboxylic acids is 1. The summed E-state index contributed by atoms with van der Waals surface area (Å²) in [5.74, 6) is -1.88. The normalized spacial score (nSPS) is 12.0. The molecule has 2 aromatic heterocycles. The maximum atomic E-state index is 12.0. The Balaban J connectivity index is 1.90. The van der Waals surface area contributed by atoms with Crippen LogP contribution >= 0.6 is 11.3 Å². The summed E-state index contributed by atoms with van der Waals surface area (Å²) in [5, 5.41) is 21.4. The van der Waals surface area contributed by atoms with Crippen LogP contribution in [0.3, 0.4) is 0 Å². The lowest BCUT2D eigenvalue weighted by atomic mass is 10.0. The summed E-state index contributed by atoms with van der Waals surface area (Å²) in [6.45, 7) is 2.57. The van der Waals surface area contributed by atoms with Crippen LogP contribution in [0, 0.1) is 5.92 Å². The third-order valence-electron chi connectivity index (χ3n) is 3.16. The number of carbonyl (C=O) groups excluding carboxylic acids is 1. The average Bonchev–Trinajstić information content (AvgIpc) is 3.15. The second kappa shape index (κ2) is 7.69. The van der Waals surface area contributed by atoms with E-state index in [1.54, 1.807) is 22.2 Å². The number of hydrogen-bond acceptors (Lipinski definition) is 5. The molecule has 2 rings (SSSR count). The lowest BCUT2D eigenvalue weighted by molar-refractivity contribution is -0.141. The molecule has 1 atom stereocenters. The van der Waals surface area contributed by atoms with Crippen molar-refractivity contribution in [3.05, 3.63) is 34.3 Å². The molecule has 0 bridgehead atoms. The largest absolute Gasteiger partial charge is 0.481 e. The molecule has 0 aliphatic heterocycles. The number of aliphatic carboxylic acids is 1. The first-order valence-corrected chi connectivity index (χ1v) is 7.91. The Morgan fingerprint density at radius 1 is 1.50 bits per heavy atom. The molecule has 22 heavy (non-hydrogen) atoms. The summed E-state index contributed by atoms with van der Waals surface area (Å²) >= 11 is 1.60. The van der Waals surface area contributed by atoms with Gasteiger partial charge in [-0.25, -0.2) is 4.68 Å². The van der Waals surface area contributed by atoms with Crippen LogP contribution in [0.15, 0.2) is 23.7 Å². The maximum Gasteiger partial charge on any atom is 0.308 e. The van der Waals surface area contributed by atoms with Gasteiger partial charge in [0.15, 0.2) is 5.69 Å². The first-order valence-electron chi connectivity index (χ1n) is 7.03. The van der Waals surface area contributed by atoms with E-state index < -0.39 is 17.8 Å². The molecule has 8 heteroatoms. The van der Waals surface area contributed by atoms with Gasteiger partial charge in [0, 0.05) is 11.4 Å². The first-order chi connectivity index (χ1) is 10.6. The Morgan fingerprint density at radius 3 is 2.95 bits per heavy atom. The van der Waals surface area contributed by atoms with Crippen LogP contribution in [0.4, 0.5) is 0 Å². The van der Waals surface area contributed by atoms with Gasteiger partial charge in [0.05, 0.1) is 18.7 Å². The van der Waals surface area contributed by atoms with Gasteiger partial charge < -0.3 is 10.4 Å². The summed E-state index contributed by atoms with van der Waals surface area (Å²) in [4.78, 5) is 24.1. The third-order valence-corrected chi connectivity index (χ3v) is 4.03. The number of hydrogen-bond donors (Lipinski definition) is 2. The van der Waals surface area contributed by atoms with Crippen molar-refractivity contribution in [3.8, 4) is 0 Å². The Labute approximate surface area is 132 Å². The summed E-state index contributed by atoms with van der Waals surface area (Å²) in [7, 11) is 0. The first kappa shape index (κ1) is 16.2. The van der Waals surface area contributed by atoms with Gasteiger partial charge in [0.2, 0.25) is 0 Å². The molecule has 1 amide bonds. The van der Waals surface area contributed by atoms with Crippen LogP contribution in [0.5, 0.6) is 0 Å². The van der Waals surface area contributed by atoms with E-state index in [0.717, 1.165) is 11.3 Å². The summed E-state index contributed by atoms with van der Waals surface area (Å²) in [5.41, 5.74) is 0.192. The van der Waals surface area contributed by atoms with Gasteiger partial charge in [0.25, 0.3) is 5.91 Å². The van der Waals surface area contributed by atoms with E-state index in [2.05, 4.69) is 15.6 Å². The zero-order valence-electron chi connectivity index (χ0n) is 12.2. The monoisotopic (exact) mass is 322 g/mol. The zero-order chi connectivity index (χ0) is 15.9. The van der Waals surface area contributed by atoms with E-state index >= 15 is 0 Å². The van der Waals surface area contributed by atoms with Gasteiger partial charge in [-0.3, -0.25) is 9.59 Å². The molecular weight excluding hydrogens is 304 g/mol. The quantitative estimate of drug-likeness (QED) is 0.769. The highest BCUT2D eigenvalue weighted by Gasteiger charge is 2.18. The summed E-state index contributed by atoms with van der Waals surface area (Å²) in [6, 6.07) is 3.93. The molecular formula is C14H18N4O3S. The average molecular weight is 322 g/mol. The molecule has 0 aliphatic rings. The Bertz CT molecular complexity index is 624. The van der Waals surface area contributed by atoms with Crippen LogP contribution in [0.25, 0.3) is 0 Å². The Morgan fingerprint density at radius 2 is 2.32 bits per heavy atom. The number of carboxylic acid groups (broad SMARTS) is 1. The van der Waals surface area contributed by atoms with E-state index in [-0.39, 0.29) is 12.2 Å². The molecule has 2 N–H and O–H groups in total. The molecule has 0 radical (unpaired) electrons. The molecule has 118 valence electrons. The Kier molecular flexibility index (Phi) is 5.65. The maximum absolute atomic E-state index is 12.0. The number of carbonyl (C=O) groups is 2. The van der Waals surface area contributed by atoms with Crippen molar-refractivity contribution in [2.24, 2.45) is 5.92 Å². The number of nitrogens with zero attached hydrogens (tertiary/aromatic N) is 3. The van der Waals surface area contributed by atoms with Gasteiger partial charge in [-0.05, 0) is 17.9 Å². The summed E-state index contributed by atoms with van der Waals surface area (Å²) in [6.07, 6.45) is 2.84. The van der Waals surface area contributed by atoms with Crippen molar-refractivity contribution in [2.75, 3.05) is 6.54 Å². The minimum Gasteiger partial charge on any atom is -0.481 e. The van der Waals surface area contributed by atoms with Crippen LogP contribution < -0.4 is 5.32 Å². The molecule has 0 aromatic carbocycles. The molecule has 2 aromatic rings. The number of aromatic nitrogens is 3. The van der Waals surface area contributed by atoms with Gasteiger partial charge in [-0.15, -0.1) is 16.4 Å². The van der Waals surface area contributed by atoms with Crippen LogP contribution in [0.1, 0.15) is 35.1 Å². The van der Waals surface area contributed by atoms with Gasteiger partial charge in [-0.2, -0.15) is 0 Å². The zero-order valence-corrected chi connectivity index (χ0v) is 13.0.